The zero-order valence-electron chi connectivity index (χ0n) is 9.73. The minimum Gasteiger partial charge on any atom is -0.212 e. The predicted molar refractivity (Wildman–Crippen MR) is 74.6 cm³/mol. The molecule has 1 aromatic rings. The number of hydrogen-bond donors (Lipinski definition) is 0. The van der Waals surface area contributed by atoms with Gasteiger partial charge >= 0.3 is 0 Å². The summed E-state index contributed by atoms with van der Waals surface area (Å²) in [6, 6.07) is 1.97. The fourth-order valence-electron chi connectivity index (χ4n) is 1.63. The van der Waals surface area contributed by atoms with Gasteiger partial charge in [0.1, 0.15) is 0 Å². The molecular formula is C11H16BrNO2S2. The van der Waals surface area contributed by atoms with Crippen LogP contribution in [-0.4, -0.2) is 25.5 Å². The number of halogens is 1. The molecule has 0 aliphatic heterocycles. The van der Waals surface area contributed by atoms with E-state index < -0.39 is 10.0 Å². The van der Waals surface area contributed by atoms with E-state index in [2.05, 4.69) is 15.9 Å². The number of hydrogen-bond acceptors (Lipinski definition) is 3. The van der Waals surface area contributed by atoms with E-state index in [1.54, 1.807) is 18.4 Å². The Labute approximate surface area is 115 Å². The van der Waals surface area contributed by atoms with Gasteiger partial charge in [0.15, 0.2) is 0 Å². The molecule has 0 radical (unpaired) electrons. The maximum absolute atomic E-state index is 12.0. The monoisotopic (exact) mass is 337 g/mol. The van der Waals surface area contributed by atoms with Gasteiger partial charge in [0.25, 0.3) is 0 Å². The van der Waals surface area contributed by atoms with Gasteiger partial charge < -0.3 is 0 Å². The first-order valence-electron chi connectivity index (χ1n) is 5.64. The van der Waals surface area contributed by atoms with E-state index in [-0.39, 0.29) is 0 Å². The van der Waals surface area contributed by atoms with E-state index >= 15 is 0 Å². The van der Waals surface area contributed by atoms with E-state index in [0.717, 1.165) is 15.8 Å². The lowest BCUT2D eigenvalue weighted by atomic mass is 10.3. The summed E-state index contributed by atoms with van der Waals surface area (Å²) in [4.78, 5) is 1.06. The van der Waals surface area contributed by atoms with Crippen molar-refractivity contribution < 1.29 is 8.42 Å². The highest BCUT2D eigenvalue weighted by atomic mass is 79.9. The molecule has 0 spiro atoms. The molecule has 1 aliphatic carbocycles. The summed E-state index contributed by atoms with van der Waals surface area (Å²) in [7, 11) is -1.42. The molecule has 0 N–H and O–H groups in total. The largest absolute Gasteiger partial charge is 0.214 e. The molecule has 0 aromatic carbocycles. The molecule has 1 heterocycles. The molecule has 3 nitrogen and oxygen atoms in total. The molecule has 1 aromatic heterocycles. The number of sulfonamides is 1. The van der Waals surface area contributed by atoms with E-state index in [9.17, 15) is 8.42 Å². The molecular weight excluding hydrogens is 322 g/mol. The number of thiophene rings is 1. The molecule has 0 bridgehead atoms. The van der Waals surface area contributed by atoms with Crippen molar-refractivity contribution in [2.24, 2.45) is 5.92 Å². The summed E-state index contributed by atoms with van der Waals surface area (Å²) < 4.78 is 26.5. The van der Waals surface area contributed by atoms with Crippen molar-refractivity contribution in [2.75, 3.05) is 12.8 Å². The van der Waals surface area contributed by atoms with Crippen LogP contribution in [0.25, 0.3) is 0 Å². The van der Waals surface area contributed by atoms with Gasteiger partial charge in [-0.2, -0.15) is 4.31 Å². The van der Waals surface area contributed by atoms with Crippen molar-refractivity contribution >= 4 is 37.3 Å². The summed E-state index contributed by atoms with van der Waals surface area (Å²) in [6.45, 7) is 0.475. The third-order valence-corrected chi connectivity index (χ3v) is 6.47. The molecule has 1 aliphatic rings. The van der Waals surface area contributed by atoms with Crippen LogP contribution in [0.3, 0.4) is 0 Å². The van der Waals surface area contributed by atoms with E-state index in [4.69, 9.17) is 0 Å². The predicted octanol–water partition coefficient (Wildman–Crippen LogP) is 3.07. The Morgan fingerprint density at radius 3 is 2.76 bits per heavy atom. The summed E-state index contributed by atoms with van der Waals surface area (Å²) in [5.74, 6) is 0.954. The first-order valence-corrected chi connectivity index (χ1v) is 8.92. The molecule has 6 heteroatoms. The van der Waals surface area contributed by atoms with Gasteiger partial charge in [0.05, 0.1) is 5.75 Å². The Kier molecular flexibility index (Phi) is 4.28. The van der Waals surface area contributed by atoms with Crippen molar-refractivity contribution in [2.45, 2.75) is 25.8 Å². The quantitative estimate of drug-likeness (QED) is 0.799. The number of nitrogens with zero attached hydrogens (tertiary/aromatic N) is 1. The van der Waals surface area contributed by atoms with Crippen molar-refractivity contribution in [1.29, 1.82) is 0 Å². The second kappa shape index (κ2) is 5.38. The third-order valence-electron chi connectivity index (χ3n) is 2.96. The fraction of sp³-hybridized carbons (Fsp3) is 0.636. The normalized spacial score (nSPS) is 16.6. The lowest BCUT2D eigenvalue weighted by molar-refractivity contribution is 0.467. The highest BCUT2D eigenvalue weighted by Gasteiger charge is 2.26. The van der Waals surface area contributed by atoms with Gasteiger partial charge in [0.2, 0.25) is 10.0 Å². The Bertz CT molecular complexity index is 479. The molecule has 0 atom stereocenters. The molecule has 17 heavy (non-hydrogen) atoms. The minimum atomic E-state index is -3.08. The zero-order valence-corrected chi connectivity index (χ0v) is 12.9. The summed E-state index contributed by atoms with van der Waals surface area (Å²) in [5.41, 5.74) is 0. The molecule has 1 fully saturated rings. The van der Waals surface area contributed by atoms with Crippen LogP contribution in [-0.2, 0) is 16.6 Å². The summed E-state index contributed by atoms with van der Waals surface area (Å²) in [6.07, 6.45) is 3.23. The Hall–Kier alpha value is 0.0900. The van der Waals surface area contributed by atoms with E-state index in [0.29, 0.717) is 18.2 Å². The summed E-state index contributed by atoms with van der Waals surface area (Å²) in [5, 5.41) is 1.97. The second-order valence-corrected chi connectivity index (χ2v) is 8.64. The molecule has 2 rings (SSSR count). The zero-order chi connectivity index (χ0) is 12.5. The van der Waals surface area contributed by atoms with Crippen LogP contribution in [0.2, 0.25) is 0 Å². The van der Waals surface area contributed by atoms with Gasteiger partial charge in [-0.05, 0) is 34.3 Å². The Morgan fingerprint density at radius 2 is 2.24 bits per heavy atom. The Morgan fingerprint density at radius 1 is 1.53 bits per heavy atom. The summed E-state index contributed by atoms with van der Waals surface area (Å²) >= 11 is 4.95. The molecule has 96 valence electrons. The number of rotatable bonds is 6. The van der Waals surface area contributed by atoms with Crippen molar-refractivity contribution in [3.8, 4) is 0 Å². The topological polar surface area (TPSA) is 37.4 Å². The van der Waals surface area contributed by atoms with Crippen LogP contribution in [0.1, 0.15) is 24.1 Å². The third kappa shape index (κ3) is 4.05. The molecule has 1 saturated carbocycles. The molecule has 0 unspecified atom stereocenters. The average molecular weight is 338 g/mol. The van der Waals surface area contributed by atoms with Gasteiger partial charge in [0, 0.05) is 28.3 Å². The first-order chi connectivity index (χ1) is 7.97. The standard InChI is InChI=1S/C11H16BrNO2S2/c1-13(7-11-6-10(12)8-16-11)17(14,15)5-4-9-2-3-9/h6,8-9H,2-5,7H2,1H3. The maximum Gasteiger partial charge on any atom is 0.214 e. The van der Waals surface area contributed by atoms with Crippen LogP contribution >= 0.6 is 27.3 Å². The lowest BCUT2D eigenvalue weighted by Gasteiger charge is -2.16. The van der Waals surface area contributed by atoms with Gasteiger partial charge in [-0.3, -0.25) is 0 Å². The van der Waals surface area contributed by atoms with Crippen LogP contribution in [0, 0.1) is 5.92 Å². The molecule has 0 saturated heterocycles. The maximum atomic E-state index is 12.0. The Balaban J connectivity index is 1.90. The average Bonchev–Trinajstić information content (AvgIpc) is 3.00. The van der Waals surface area contributed by atoms with Gasteiger partial charge in [-0.25, -0.2) is 8.42 Å². The van der Waals surface area contributed by atoms with Crippen LogP contribution in [0.4, 0.5) is 0 Å². The van der Waals surface area contributed by atoms with E-state index in [1.165, 1.54) is 17.1 Å². The smallest absolute Gasteiger partial charge is 0.212 e. The van der Waals surface area contributed by atoms with Crippen LogP contribution in [0.15, 0.2) is 15.9 Å². The fourth-order valence-corrected chi connectivity index (χ4v) is 4.50. The van der Waals surface area contributed by atoms with Crippen molar-refractivity contribution in [1.82, 2.24) is 4.31 Å². The van der Waals surface area contributed by atoms with Crippen molar-refractivity contribution in [3.63, 3.8) is 0 Å². The van der Waals surface area contributed by atoms with Crippen LogP contribution < -0.4 is 0 Å². The lowest BCUT2D eigenvalue weighted by Crippen LogP contribution is -2.28. The molecule has 0 amide bonds. The highest BCUT2D eigenvalue weighted by molar-refractivity contribution is 9.10. The van der Waals surface area contributed by atoms with Crippen LogP contribution in [0.5, 0.6) is 0 Å². The highest BCUT2D eigenvalue weighted by Crippen LogP contribution is 2.33. The van der Waals surface area contributed by atoms with Crippen molar-refractivity contribution in [3.05, 3.63) is 20.8 Å². The van der Waals surface area contributed by atoms with E-state index in [1.807, 2.05) is 11.4 Å². The SMILES string of the molecule is CN(Cc1cc(Br)cs1)S(=O)(=O)CCC1CC1. The minimum absolute atomic E-state index is 0.292. The second-order valence-electron chi connectivity index (χ2n) is 4.54. The van der Waals surface area contributed by atoms with Gasteiger partial charge in [-0.1, -0.05) is 12.8 Å². The first kappa shape index (κ1) is 13.5. The van der Waals surface area contributed by atoms with Gasteiger partial charge in [-0.15, -0.1) is 11.3 Å².